The van der Waals surface area contributed by atoms with Crippen molar-refractivity contribution in [2.75, 3.05) is 5.32 Å². The fourth-order valence-electron chi connectivity index (χ4n) is 0.946. The van der Waals surface area contributed by atoms with E-state index in [2.05, 4.69) is 5.32 Å². The third-order valence-corrected chi connectivity index (χ3v) is 2.19. The lowest BCUT2D eigenvalue weighted by atomic mass is 10.2. The smallest absolute Gasteiger partial charge is 0.221 e. The van der Waals surface area contributed by atoms with Crippen molar-refractivity contribution in [2.24, 2.45) is 0 Å². The van der Waals surface area contributed by atoms with Crippen molar-refractivity contribution in [3.8, 4) is 0 Å². The Hall–Kier alpha value is -0.440. The van der Waals surface area contributed by atoms with Gasteiger partial charge in [-0.05, 0) is 12.1 Å². The Morgan fingerprint density at radius 2 is 1.71 bits per heavy atom. The molecule has 0 saturated heterocycles. The number of rotatable bonds is 1. The Balaban J connectivity index is 2.84. The zero-order valence-corrected chi connectivity index (χ0v) is 9.62. The largest absolute Gasteiger partial charge is 0.326 e. The number of halogens is 3. The molecule has 0 aromatic heterocycles. The Bertz CT molecular complexity index is 329. The van der Waals surface area contributed by atoms with Crippen molar-refractivity contribution in [1.82, 2.24) is 0 Å². The van der Waals surface area contributed by atoms with Gasteiger partial charge in [-0.3, -0.25) is 4.79 Å². The summed E-state index contributed by atoms with van der Waals surface area (Å²) in [5.74, 6) is -0.133. The van der Waals surface area contributed by atoms with Crippen molar-refractivity contribution in [1.29, 1.82) is 0 Å². The van der Waals surface area contributed by atoms with Crippen LogP contribution in [0.1, 0.15) is 12.5 Å². The number of carbonyl (C=O) groups excluding carboxylic acids is 1. The molecule has 0 spiro atoms. The zero-order valence-electron chi connectivity index (χ0n) is 7.35. The van der Waals surface area contributed by atoms with Gasteiger partial charge < -0.3 is 5.32 Å². The van der Waals surface area contributed by atoms with Crippen LogP contribution in [0.15, 0.2) is 24.3 Å². The molecule has 1 aromatic carbocycles. The maximum Gasteiger partial charge on any atom is 0.221 e. The van der Waals surface area contributed by atoms with Gasteiger partial charge in [0.1, 0.15) is 0 Å². The van der Waals surface area contributed by atoms with Crippen LogP contribution in [0.3, 0.4) is 0 Å². The standard InChI is InChI=1S/C9H8Cl3NO/c1-6(14)13-8-4-2-7(3-5-8)9(10,11)12/h2-5H,1H3,(H,13,14). The first-order valence-electron chi connectivity index (χ1n) is 3.84. The summed E-state index contributed by atoms with van der Waals surface area (Å²) in [5, 5.41) is 2.62. The van der Waals surface area contributed by atoms with E-state index in [1.807, 2.05) is 0 Å². The van der Waals surface area contributed by atoms with Gasteiger partial charge >= 0.3 is 0 Å². The molecule has 2 nitrogen and oxygen atoms in total. The molecule has 0 heterocycles. The average molecular weight is 253 g/mol. The number of alkyl halides is 3. The Morgan fingerprint density at radius 1 is 1.21 bits per heavy atom. The number of amides is 1. The molecule has 0 bridgehead atoms. The molecule has 0 aliphatic rings. The number of benzene rings is 1. The Morgan fingerprint density at radius 3 is 2.07 bits per heavy atom. The van der Waals surface area contributed by atoms with Crippen molar-refractivity contribution in [3.05, 3.63) is 29.8 Å². The summed E-state index contributed by atoms with van der Waals surface area (Å²) in [5.41, 5.74) is 1.24. The second-order valence-electron chi connectivity index (χ2n) is 2.76. The molecule has 76 valence electrons. The highest BCUT2D eigenvalue weighted by Gasteiger charge is 2.22. The fraction of sp³-hybridized carbons (Fsp3) is 0.222. The molecule has 0 radical (unpaired) electrons. The first-order chi connectivity index (χ1) is 6.39. The second kappa shape index (κ2) is 4.39. The van der Waals surface area contributed by atoms with Crippen LogP contribution in [0, 0.1) is 0 Å². The van der Waals surface area contributed by atoms with Gasteiger partial charge in [-0.15, -0.1) is 0 Å². The molecule has 0 aliphatic carbocycles. The molecule has 5 heteroatoms. The van der Waals surface area contributed by atoms with Crippen LogP contribution < -0.4 is 5.32 Å². The number of nitrogens with one attached hydrogen (secondary N) is 1. The highest BCUT2D eigenvalue weighted by atomic mass is 35.6. The van der Waals surface area contributed by atoms with Crippen LogP contribution in [0.2, 0.25) is 0 Å². The van der Waals surface area contributed by atoms with Crippen molar-refractivity contribution in [2.45, 2.75) is 10.7 Å². The van der Waals surface area contributed by atoms with Crippen LogP contribution >= 0.6 is 34.8 Å². The predicted octanol–water partition coefficient (Wildman–Crippen LogP) is 3.47. The van der Waals surface area contributed by atoms with E-state index >= 15 is 0 Å². The van der Waals surface area contributed by atoms with Crippen LogP contribution in [0.5, 0.6) is 0 Å². The Labute approximate surface area is 97.1 Å². The molecule has 1 aromatic rings. The monoisotopic (exact) mass is 251 g/mol. The van der Waals surface area contributed by atoms with E-state index in [4.69, 9.17) is 34.8 Å². The normalized spacial score (nSPS) is 11.1. The van der Waals surface area contributed by atoms with Gasteiger partial charge in [0.2, 0.25) is 9.70 Å². The van der Waals surface area contributed by atoms with Gasteiger partial charge in [-0.1, -0.05) is 46.9 Å². The molecular formula is C9H8Cl3NO. The maximum atomic E-state index is 10.7. The molecule has 0 saturated carbocycles. The fourth-order valence-corrected chi connectivity index (χ4v) is 1.32. The third kappa shape index (κ3) is 3.37. The number of carbonyl (C=O) groups is 1. The lowest BCUT2D eigenvalue weighted by molar-refractivity contribution is -0.114. The van der Waals surface area contributed by atoms with E-state index in [0.29, 0.717) is 11.3 Å². The maximum absolute atomic E-state index is 10.7. The summed E-state index contributed by atoms with van der Waals surface area (Å²) in [7, 11) is 0. The summed E-state index contributed by atoms with van der Waals surface area (Å²) in [6.07, 6.45) is 0. The van der Waals surface area contributed by atoms with Gasteiger partial charge in [0.05, 0.1) is 0 Å². The third-order valence-electron chi connectivity index (χ3n) is 1.53. The van der Waals surface area contributed by atoms with Gasteiger partial charge in [-0.25, -0.2) is 0 Å². The zero-order chi connectivity index (χ0) is 10.8. The van der Waals surface area contributed by atoms with Crippen molar-refractivity contribution < 1.29 is 4.79 Å². The SMILES string of the molecule is CC(=O)Nc1ccc(C(Cl)(Cl)Cl)cc1. The predicted molar refractivity (Wildman–Crippen MR) is 60.0 cm³/mol. The topological polar surface area (TPSA) is 29.1 Å². The van der Waals surface area contributed by atoms with Crippen LogP contribution in [0.4, 0.5) is 5.69 Å². The second-order valence-corrected chi connectivity index (χ2v) is 5.04. The van der Waals surface area contributed by atoms with Gasteiger partial charge in [0, 0.05) is 18.2 Å². The first kappa shape index (κ1) is 11.6. The minimum atomic E-state index is -1.42. The van der Waals surface area contributed by atoms with Crippen LogP contribution in [-0.2, 0) is 8.59 Å². The molecule has 1 rings (SSSR count). The van der Waals surface area contributed by atoms with E-state index in [1.54, 1.807) is 24.3 Å². The number of hydrogen-bond acceptors (Lipinski definition) is 1. The minimum absolute atomic E-state index is 0.133. The van der Waals surface area contributed by atoms with E-state index < -0.39 is 3.79 Å². The highest BCUT2D eigenvalue weighted by molar-refractivity contribution is 6.66. The van der Waals surface area contributed by atoms with Gasteiger partial charge in [0.15, 0.2) is 0 Å². The summed E-state index contributed by atoms with van der Waals surface area (Å²) in [6, 6.07) is 6.66. The lowest BCUT2D eigenvalue weighted by Gasteiger charge is -2.11. The molecule has 14 heavy (non-hydrogen) atoms. The summed E-state index contributed by atoms with van der Waals surface area (Å²) < 4.78 is -1.42. The Kier molecular flexibility index (Phi) is 3.65. The van der Waals surface area contributed by atoms with Crippen LogP contribution in [-0.4, -0.2) is 5.91 Å². The molecular weight excluding hydrogens is 244 g/mol. The van der Waals surface area contributed by atoms with E-state index in [9.17, 15) is 4.79 Å². The van der Waals surface area contributed by atoms with Crippen molar-refractivity contribution >= 4 is 46.4 Å². The number of hydrogen-bond donors (Lipinski definition) is 1. The summed E-state index contributed by atoms with van der Waals surface area (Å²) in [4.78, 5) is 10.7. The summed E-state index contributed by atoms with van der Waals surface area (Å²) in [6.45, 7) is 1.43. The van der Waals surface area contributed by atoms with E-state index in [-0.39, 0.29) is 5.91 Å². The quantitative estimate of drug-likeness (QED) is 0.762. The molecule has 0 aliphatic heterocycles. The number of anilines is 1. The van der Waals surface area contributed by atoms with E-state index in [1.165, 1.54) is 6.92 Å². The summed E-state index contributed by atoms with van der Waals surface area (Å²) >= 11 is 17.0. The molecule has 0 unspecified atom stereocenters. The van der Waals surface area contributed by atoms with Gasteiger partial charge in [0.25, 0.3) is 0 Å². The van der Waals surface area contributed by atoms with Crippen LogP contribution in [0.25, 0.3) is 0 Å². The molecule has 0 atom stereocenters. The first-order valence-corrected chi connectivity index (χ1v) is 4.98. The lowest BCUT2D eigenvalue weighted by Crippen LogP contribution is -2.06. The average Bonchev–Trinajstić information content (AvgIpc) is 2.02. The van der Waals surface area contributed by atoms with Gasteiger partial charge in [-0.2, -0.15) is 0 Å². The molecule has 1 amide bonds. The molecule has 1 N–H and O–H groups in total. The van der Waals surface area contributed by atoms with Crippen molar-refractivity contribution in [3.63, 3.8) is 0 Å². The van der Waals surface area contributed by atoms with E-state index in [0.717, 1.165) is 0 Å². The molecule has 0 fully saturated rings. The highest BCUT2D eigenvalue weighted by Crippen LogP contribution is 2.38. The minimum Gasteiger partial charge on any atom is -0.326 e.